The highest BCUT2D eigenvalue weighted by Gasteiger charge is 2.24. The summed E-state index contributed by atoms with van der Waals surface area (Å²) >= 11 is 0. The maximum absolute atomic E-state index is 12.3. The van der Waals surface area contributed by atoms with E-state index in [0.29, 0.717) is 18.7 Å². The molecule has 20 heavy (non-hydrogen) atoms. The normalized spacial score (nSPS) is 11.9. The maximum Gasteiger partial charge on any atom is 0.323 e. The largest absolute Gasteiger partial charge is 0.480 e. The van der Waals surface area contributed by atoms with Gasteiger partial charge in [0.15, 0.2) is 0 Å². The van der Waals surface area contributed by atoms with Crippen molar-refractivity contribution >= 4 is 17.6 Å². The Morgan fingerprint density at radius 1 is 1.35 bits per heavy atom. The molecule has 0 heterocycles. The lowest BCUT2D eigenvalue weighted by Crippen LogP contribution is -2.46. The Hall–Kier alpha value is -1.92. The highest BCUT2D eigenvalue weighted by atomic mass is 16.5. The number of rotatable bonds is 7. The van der Waals surface area contributed by atoms with Gasteiger partial charge >= 0.3 is 5.97 Å². The molecule has 6 heteroatoms. The quantitative estimate of drug-likeness (QED) is 0.769. The van der Waals surface area contributed by atoms with Gasteiger partial charge in [0.1, 0.15) is 6.54 Å². The first-order chi connectivity index (χ1) is 9.45. The van der Waals surface area contributed by atoms with Crippen LogP contribution in [0.3, 0.4) is 0 Å². The van der Waals surface area contributed by atoms with Crippen molar-refractivity contribution in [1.29, 1.82) is 0 Å². The molecule has 0 aromatic heterocycles. The van der Waals surface area contributed by atoms with E-state index in [0.717, 1.165) is 5.56 Å². The Morgan fingerprint density at radius 3 is 2.45 bits per heavy atom. The van der Waals surface area contributed by atoms with E-state index in [1.54, 1.807) is 12.1 Å². The molecule has 0 fully saturated rings. The van der Waals surface area contributed by atoms with Gasteiger partial charge < -0.3 is 15.6 Å². The number of benzene rings is 1. The number of nitrogens with zero attached hydrogens (tertiary/aromatic N) is 1. The summed E-state index contributed by atoms with van der Waals surface area (Å²) in [6.07, 6.45) is 0.345. The summed E-state index contributed by atoms with van der Waals surface area (Å²) in [4.78, 5) is 24.4. The van der Waals surface area contributed by atoms with Crippen LogP contribution in [0.1, 0.15) is 12.0 Å². The third-order valence-corrected chi connectivity index (χ3v) is 2.86. The SMILES string of the molecule is COCCC(N)C(=O)N(CC(=O)O)c1ccc(C)cc1. The molecule has 0 bridgehead atoms. The molecule has 3 N–H and O–H groups in total. The van der Waals surface area contributed by atoms with E-state index in [-0.39, 0.29) is 0 Å². The molecule has 0 aliphatic heterocycles. The predicted molar refractivity (Wildman–Crippen MR) is 75.6 cm³/mol. The standard InChI is InChI=1S/C14H20N2O4/c1-10-3-5-11(6-4-10)16(9-13(17)18)14(19)12(15)7-8-20-2/h3-6,12H,7-9,15H2,1-2H3,(H,17,18). The number of amides is 1. The van der Waals surface area contributed by atoms with Crippen molar-refractivity contribution in [1.82, 2.24) is 0 Å². The number of aliphatic carboxylic acids is 1. The number of aryl methyl sites for hydroxylation is 1. The molecule has 1 aromatic carbocycles. The molecule has 1 amide bonds. The molecule has 0 spiro atoms. The fourth-order valence-corrected chi connectivity index (χ4v) is 1.72. The van der Waals surface area contributed by atoms with Crippen molar-refractivity contribution in [2.75, 3.05) is 25.2 Å². The molecule has 0 saturated carbocycles. The van der Waals surface area contributed by atoms with Crippen molar-refractivity contribution in [2.24, 2.45) is 5.73 Å². The highest BCUT2D eigenvalue weighted by Crippen LogP contribution is 2.16. The number of ether oxygens (including phenoxy) is 1. The van der Waals surface area contributed by atoms with Gasteiger partial charge in [0.05, 0.1) is 6.04 Å². The fourth-order valence-electron chi connectivity index (χ4n) is 1.72. The molecule has 0 aliphatic rings. The number of hydrogen-bond acceptors (Lipinski definition) is 4. The van der Waals surface area contributed by atoms with Crippen molar-refractivity contribution in [3.63, 3.8) is 0 Å². The second kappa shape index (κ2) is 7.62. The summed E-state index contributed by atoms with van der Waals surface area (Å²) in [6.45, 7) is 1.85. The van der Waals surface area contributed by atoms with Crippen LogP contribution in [0.4, 0.5) is 5.69 Å². The molecule has 1 atom stereocenters. The molecule has 0 saturated heterocycles. The number of nitrogens with two attached hydrogens (primary N) is 1. The molecule has 6 nitrogen and oxygen atoms in total. The number of carbonyl (C=O) groups is 2. The summed E-state index contributed by atoms with van der Waals surface area (Å²) in [5, 5.41) is 8.95. The van der Waals surface area contributed by atoms with E-state index in [9.17, 15) is 9.59 Å². The molecular weight excluding hydrogens is 260 g/mol. The van der Waals surface area contributed by atoms with Gasteiger partial charge in [0.25, 0.3) is 0 Å². The van der Waals surface area contributed by atoms with Crippen LogP contribution in [0, 0.1) is 6.92 Å². The van der Waals surface area contributed by atoms with Gasteiger partial charge in [-0.3, -0.25) is 14.5 Å². The van der Waals surface area contributed by atoms with Gasteiger partial charge in [-0.1, -0.05) is 17.7 Å². The van der Waals surface area contributed by atoms with Crippen LogP contribution in [0.15, 0.2) is 24.3 Å². The Kier molecular flexibility index (Phi) is 6.14. The van der Waals surface area contributed by atoms with E-state index >= 15 is 0 Å². The minimum absolute atomic E-state index is 0.345. The first-order valence-corrected chi connectivity index (χ1v) is 6.30. The first kappa shape index (κ1) is 16.1. The molecule has 110 valence electrons. The van der Waals surface area contributed by atoms with Crippen molar-refractivity contribution < 1.29 is 19.4 Å². The van der Waals surface area contributed by atoms with Gasteiger partial charge in [0.2, 0.25) is 5.91 Å². The average molecular weight is 280 g/mol. The van der Waals surface area contributed by atoms with Gasteiger partial charge in [0, 0.05) is 19.4 Å². The number of carboxylic acids is 1. The molecule has 1 unspecified atom stereocenters. The smallest absolute Gasteiger partial charge is 0.323 e. The third-order valence-electron chi connectivity index (χ3n) is 2.86. The lowest BCUT2D eigenvalue weighted by atomic mass is 10.1. The fraction of sp³-hybridized carbons (Fsp3) is 0.429. The number of methoxy groups -OCH3 is 1. The van der Waals surface area contributed by atoms with Crippen LogP contribution >= 0.6 is 0 Å². The summed E-state index contributed by atoms with van der Waals surface area (Å²) in [6, 6.07) is 6.27. The Bertz CT molecular complexity index is 459. The van der Waals surface area contributed by atoms with Gasteiger partial charge in [-0.05, 0) is 25.5 Å². The zero-order chi connectivity index (χ0) is 15.1. The van der Waals surface area contributed by atoms with E-state index in [2.05, 4.69) is 0 Å². The minimum atomic E-state index is -1.09. The van der Waals surface area contributed by atoms with Gasteiger partial charge in [-0.25, -0.2) is 0 Å². The van der Waals surface area contributed by atoms with Crippen LogP contribution in [0.25, 0.3) is 0 Å². The number of carboxylic acid groups (broad SMARTS) is 1. The van der Waals surface area contributed by atoms with Crippen molar-refractivity contribution in [3.8, 4) is 0 Å². The zero-order valence-electron chi connectivity index (χ0n) is 11.7. The highest BCUT2D eigenvalue weighted by molar-refractivity contribution is 6.00. The van der Waals surface area contributed by atoms with E-state index in [4.69, 9.17) is 15.6 Å². The van der Waals surface area contributed by atoms with Crippen LogP contribution in [0.2, 0.25) is 0 Å². The van der Waals surface area contributed by atoms with Gasteiger partial charge in [-0.2, -0.15) is 0 Å². The van der Waals surface area contributed by atoms with Crippen molar-refractivity contribution in [2.45, 2.75) is 19.4 Å². The Balaban J connectivity index is 2.91. The second-order valence-corrected chi connectivity index (χ2v) is 4.54. The van der Waals surface area contributed by atoms with E-state index in [1.807, 2.05) is 19.1 Å². The molecular formula is C14H20N2O4. The van der Waals surface area contributed by atoms with E-state index < -0.39 is 24.5 Å². The Labute approximate surface area is 118 Å². The van der Waals surface area contributed by atoms with Crippen LogP contribution in [-0.2, 0) is 14.3 Å². The number of carbonyl (C=O) groups excluding carboxylic acids is 1. The molecule has 0 radical (unpaired) electrons. The third kappa shape index (κ3) is 4.64. The zero-order valence-corrected chi connectivity index (χ0v) is 11.7. The lowest BCUT2D eigenvalue weighted by Gasteiger charge is -2.24. The van der Waals surface area contributed by atoms with Crippen LogP contribution in [-0.4, -0.2) is 43.3 Å². The Morgan fingerprint density at radius 2 is 1.95 bits per heavy atom. The van der Waals surface area contributed by atoms with E-state index in [1.165, 1.54) is 12.0 Å². The molecule has 1 rings (SSSR count). The topological polar surface area (TPSA) is 92.9 Å². The van der Waals surface area contributed by atoms with Crippen LogP contribution < -0.4 is 10.6 Å². The lowest BCUT2D eigenvalue weighted by molar-refractivity contribution is -0.136. The van der Waals surface area contributed by atoms with Crippen LogP contribution in [0.5, 0.6) is 0 Å². The van der Waals surface area contributed by atoms with Crippen molar-refractivity contribution in [3.05, 3.63) is 29.8 Å². The summed E-state index contributed by atoms with van der Waals surface area (Å²) in [5.74, 6) is -1.51. The van der Waals surface area contributed by atoms with Gasteiger partial charge in [-0.15, -0.1) is 0 Å². The number of anilines is 1. The maximum atomic E-state index is 12.3. The number of hydrogen-bond donors (Lipinski definition) is 2. The summed E-state index contributed by atoms with van der Waals surface area (Å²) in [5.41, 5.74) is 7.33. The minimum Gasteiger partial charge on any atom is -0.480 e. The second-order valence-electron chi connectivity index (χ2n) is 4.54. The average Bonchev–Trinajstić information content (AvgIpc) is 2.42. The molecule has 0 aliphatic carbocycles. The summed E-state index contributed by atoms with van der Waals surface area (Å²) in [7, 11) is 1.52. The summed E-state index contributed by atoms with van der Waals surface area (Å²) < 4.78 is 4.88. The first-order valence-electron chi connectivity index (χ1n) is 6.30. The monoisotopic (exact) mass is 280 g/mol. The molecule has 1 aromatic rings. The predicted octanol–water partition coefficient (Wildman–Crippen LogP) is 0.776.